The molecule has 1 heterocycles. The molecule has 0 spiro atoms. The van der Waals surface area contributed by atoms with Gasteiger partial charge in [0.25, 0.3) is 0 Å². The molecule has 0 bridgehead atoms. The fraction of sp³-hybridized carbons (Fsp3) is 0.231. The van der Waals surface area contributed by atoms with E-state index in [1.54, 1.807) is 0 Å². The Kier molecular flexibility index (Phi) is 4.01. The Bertz CT molecular complexity index is 608. The zero-order chi connectivity index (χ0) is 14.0. The number of nitrogens with zero attached hydrogens (tertiary/aromatic N) is 2. The van der Waals surface area contributed by atoms with Gasteiger partial charge in [-0.05, 0) is 25.7 Å². The van der Waals surface area contributed by atoms with E-state index in [2.05, 4.69) is 26.0 Å². The summed E-state index contributed by atoms with van der Waals surface area (Å²) in [7, 11) is 3.99. The number of carboxylic acid groups (broad SMARTS) is 1. The molecule has 0 aliphatic rings. The van der Waals surface area contributed by atoms with Crippen LogP contribution in [0.5, 0.6) is 0 Å². The van der Waals surface area contributed by atoms with Gasteiger partial charge in [0, 0.05) is 22.6 Å². The molecule has 2 aromatic rings. The molecule has 100 valence electrons. The Labute approximate surface area is 118 Å². The lowest BCUT2D eigenvalue weighted by atomic mass is 10.1. The van der Waals surface area contributed by atoms with E-state index in [-0.39, 0.29) is 5.76 Å². The van der Waals surface area contributed by atoms with Crippen molar-refractivity contribution in [3.05, 3.63) is 40.1 Å². The van der Waals surface area contributed by atoms with Crippen molar-refractivity contribution in [2.75, 3.05) is 14.1 Å². The number of carbonyl (C=O) groups is 1. The molecule has 0 amide bonds. The predicted molar refractivity (Wildman–Crippen MR) is 74.0 cm³/mol. The zero-order valence-corrected chi connectivity index (χ0v) is 12.1. The third-order valence-electron chi connectivity index (χ3n) is 2.56. The maximum Gasteiger partial charge on any atom is 0.374 e. The van der Waals surface area contributed by atoms with Crippen LogP contribution < -0.4 is 0 Å². The summed E-state index contributed by atoms with van der Waals surface area (Å²) in [5.41, 5.74) is 2.47. The first-order chi connectivity index (χ1) is 8.97. The number of hydrogen-bond donors (Lipinski definition) is 1. The topological polar surface area (TPSA) is 66.6 Å². The molecule has 0 unspecified atom stereocenters. The van der Waals surface area contributed by atoms with E-state index in [9.17, 15) is 4.79 Å². The van der Waals surface area contributed by atoms with Crippen LogP contribution in [0, 0.1) is 0 Å². The van der Waals surface area contributed by atoms with E-state index >= 15 is 0 Å². The first-order valence-corrected chi connectivity index (χ1v) is 6.40. The predicted octanol–water partition coefficient (Wildman–Crippen LogP) is 2.86. The van der Waals surface area contributed by atoms with Gasteiger partial charge in [0.1, 0.15) is 5.69 Å². The number of benzene rings is 1. The molecule has 0 saturated heterocycles. The van der Waals surface area contributed by atoms with Crippen molar-refractivity contribution >= 4 is 21.9 Å². The van der Waals surface area contributed by atoms with Crippen molar-refractivity contribution in [1.82, 2.24) is 10.1 Å². The Morgan fingerprint density at radius 2 is 2.16 bits per heavy atom. The molecule has 2 rings (SSSR count). The van der Waals surface area contributed by atoms with Crippen LogP contribution in [0.3, 0.4) is 0 Å². The third kappa shape index (κ3) is 3.21. The molecule has 5 nitrogen and oxygen atoms in total. The second kappa shape index (κ2) is 5.54. The molecule has 1 aromatic heterocycles. The maximum atomic E-state index is 10.7. The Balaban J connectivity index is 2.30. The minimum absolute atomic E-state index is 0.163. The van der Waals surface area contributed by atoms with Gasteiger partial charge in [0.15, 0.2) is 0 Å². The number of aromatic nitrogens is 1. The van der Waals surface area contributed by atoms with Gasteiger partial charge in [-0.3, -0.25) is 0 Å². The summed E-state index contributed by atoms with van der Waals surface area (Å²) in [6.07, 6.45) is 0. The van der Waals surface area contributed by atoms with Gasteiger partial charge in [-0.1, -0.05) is 33.2 Å². The van der Waals surface area contributed by atoms with Crippen molar-refractivity contribution in [1.29, 1.82) is 0 Å². The van der Waals surface area contributed by atoms with E-state index in [1.807, 2.05) is 32.3 Å². The zero-order valence-electron chi connectivity index (χ0n) is 10.6. The summed E-state index contributed by atoms with van der Waals surface area (Å²) < 4.78 is 5.70. The smallest absolute Gasteiger partial charge is 0.374 e. The summed E-state index contributed by atoms with van der Waals surface area (Å²) in [6, 6.07) is 7.19. The molecular weight excluding hydrogens is 312 g/mol. The summed E-state index contributed by atoms with van der Waals surface area (Å²) in [6.45, 7) is 0.819. The van der Waals surface area contributed by atoms with Crippen LogP contribution in [-0.4, -0.2) is 35.2 Å². The highest BCUT2D eigenvalue weighted by Crippen LogP contribution is 2.26. The van der Waals surface area contributed by atoms with E-state index in [0.717, 1.165) is 22.1 Å². The number of hydrogen-bond acceptors (Lipinski definition) is 4. The number of rotatable bonds is 4. The van der Waals surface area contributed by atoms with E-state index in [1.165, 1.54) is 6.07 Å². The summed E-state index contributed by atoms with van der Waals surface area (Å²) in [5.74, 6) is -1.29. The molecule has 0 aliphatic carbocycles. The normalized spacial score (nSPS) is 10.9. The first kappa shape index (κ1) is 13.8. The number of aromatic carboxylic acids is 1. The highest BCUT2D eigenvalue weighted by atomic mass is 79.9. The fourth-order valence-corrected chi connectivity index (χ4v) is 2.19. The van der Waals surface area contributed by atoms with Crippen molar-refractivity contribution in [2.24, 2.45) is 0 Å². The fourth-order valence-electron chi connectivity index (χ4n) is 1.69. The van der Waals surface area contributed by atoms with Crippen LogP contribution in [0.25, 0.3) is 11.3 Å². The van der Waals surface area contributed by atoms with Crippen LogP contribution in [0.4, 0.5) is 0 Å². The SMILES string of the molecule is CN(C)Cc1ccc(-c2cc(C(=O)O)on2)cc1Br. The second-order valence-corrected chi connectivity index (χ2v) is 5.28. The maximum absolute atomic E-state index is 10.7. The van der Waals surface area contributed by atoms with Gasteiger partial charge in [-0.25, -0.2) is 4.79 Å². The highest BCUT2D eigenvalue weighted by Gasteiger charge is 2.13. The lowest BCUT2D eigenvalue weighted by Crippen LogP contribution is -2.10. The highest BCUT2D eigenvalue weighted by molar-refractivity contribution is 9.10. The Morgan fingerprint density at radius 1 is 1.42 bits per heavy atom. The minimum Gasteiger partial charge on any atom is -0.475 e. The van der Waals surface area contributed by atoms with E-state index < -0.39 is 5.97 Å². The van der Waals surface area contributed by atoms with Crippen LogP contribution >= 0.6 is 15.9 Å². The monoisotopic (exact) mass is 324 g/mol. The lowest BCUT2D eigenvalue weighted by Gasteiger charge is -2.11. The second-order valence-electron chi connectivity index (χ2n) is 4.43. The van der Waals surface area contributed by atoms with Crippen molar-refractivity contribution in [2.45, 2.75) is 6.54 Å². The number of halogens is 1. The molecule has 1 aromatic carbocycles. The quantitative estimate of drug-likeness (QED) is 0.936. The third-order valence-corrected chi connectivity index (χ3v) is 3.29. The van der Waals surface area contributed by atoms with Crippen LogP contribution in [0.2, 0.25) is 0 Å². The van der Waals surface area contributed by atoms with Gasteiger partial charge in [0.05, 0.1) is 0 Å². The average molecular weight is 325 g/mol. The molecule has 0 fully saturated rings. The summed E-state index contributed by atoms with van der Waals surface area (Å²) >= 11 is 3.51. The van der Waals surface area contributed by atoms with Gasteiger partial charge < -0.3 is 14.5 Å². The van der Waals surface area contributed by atoms with Crippen molar-refractivity contribution in [3.8, 4) is 11.3 Å². The van der Waals surface area contributed by atoms with Gasteiger partial charge in [0.2, 0.25) is 5.76 Å². The first-order valence-electron chi connectivity index (χ1n) is 5.61. The van der Waals surface area contributed by atoms with Crippen molar-refractivity contribution in [3.63, 3.8) is 0 Å². The van der Waals surface area contributed by atoms with Gasteiger partial charge in [-0.15, -0.1) is 0 Å². The minimum atomic E-state index is -1.12. The summed E-state index contributed by atoms with van der Waals surface area (Å²) in [5, 5.41) is 12.5. The molecule has 0 aliphatic heterocycles. The molecule has 0 radical (unpaired) electrons. The van der Waals surface area contributed by atoms with E-state index in [4.69, 9.17) is 9.63 Å². The van der Waals surface area contributed by atoms with Crippen LogP contribution in [-0.2, 0) is 6.54 Å². The standard InChI is InChI=1S/C13H13BrN2O3/c1-16(2)7-9-4-3-8(5-10(9)14)11-6-12(13(17)18)19-15-11/h3-6H,7H2,1-2H3,(H,17,18). The molecule has 1 N–H and O–H groups in total. The van der Waals surface area contributed by atoms with Crippen LogP contribution in [0.1, 0.15) is 16.1 Å². The average Bonchev–Trinajstić information content (AvgIpc) is 2.80. The number of carboxylic acids is 1. The lowest BCUT2D eigenvalue weighted by molar-refractivity contribution is 0.0652. The van der Waals surface area contributed by atoms with E-state index in [0.29, 0.717) is 5.69 Å². The Morgan fingerprint density at radius 3 is 2.68 bits per heavy atom. The molecule has 0 atom stereocenters. The molecule has 19 heavy (non-hydrogen) atoms. The Hall–Kier alpha value is -1.66. The van der Waals surface area contributed by atoms with Crippen LogP contribution in [0.15, 0.2) is 33.3 Å². The molecular formula is C13H13BrN2O3. The molecule has 6 heteroatoms. The van der Waals surface area contributed by atoms with Gasteiger partial charge >= 0.3 is 5.97 Å². The van der Waals surface area contributed by atoms with Gasteiger partial charge in [-0.2, -0.15) is 0 Å². The molecule has 0 saturated carbocycles. The largest absolute Gasteiger partial charge is 0.475 e. The summed E-state index contributed by atoms with van der Waals surface area (Å²) in [4.78, 5) is 12.8. The van der Waals surface area contributed by atoms with Crippen molar-refractivity contribution < 1.29 is 14.4 Å².